The van der Waals surface area contributed by atoms with Gasteiger partial charge in [0.05, 0.1) is 6.10 Å². The highest BCUT2D eigenvalue weighted by atomic mass is 28.4. The zero-order valence-electron chi connectivity index (χ0n) is 12.3. The zero-order valence-corrected chi connectivity index (χ0v) is 13.3. The molecule has 0 aliphatic heterocycles. The summed E-state index contributed by atoms with van der Waals surface area (Å²) >= 11 is 0. The standard InChI is InChI=1S/C14H26N2OSi/c1-14(2,3)18(4,5)17-12-8-6-7-11(12)13-15-9-10-16-13/h9-12H,6-8H2,1-5H3,(H,15,16)/t11-,12+/m1/s1. The summed E-state index contributed by atoms with van der Waals surface area (Å²) < 4.78 is 6.58. The van der Waals surface area contributed by atoms with Crippen LogP contribution in [0.3, 0.4) is 0 Å². The van der Waals surface area contributed by atoms with E-state index >= 15 is 0 Å². The van der Waals surface area contributed by atoms with Gasteiger partial charge in [0.1, 0.15) is 5.82 Å². The summed E-state index contributed by atoms with van der Waals surface area (Å²) in [4.78, 5) is 7.68. The van der Waals surface area contributed by atoms with Crippen molar-refractivity contribution in [1.29, 1.82) is 0 Å². The van der Waals surface area contributed by atoms with Crippen LogP contribution < -0.4 is 0 Å². The number of imidazole rings is 1. The molecule has 0 radical (unpaired) electrons. The second-order valence-electron chi connectivity index (χ2n) is 6.93. The maximum atomic E-state index is 6.58. The molecule has 18 heavy (non-hydrogen) atoms. The van der Waals surface area contributed by atoms with Crippen molar-refractivity contribution in [2.24, 2.45) is 0 Å². The Morgan fingerprint density at radius 3 is 2.61 bits per heavy atom. The topological polar surface area (TPSA) is 37.9 Å². The van der Waals surface area contributed by atoms with Gasteiger partial charge in [0.15, 0.2) is 8.32 Å². The van der Waals surface area contributed by atoms with E-state index in [4.69, 9.17) is 4.43 Å². The Labute approximate surface area is 111 Å². The summed E-state index contributed by atoms with van der Waals surface area (Å²) in [6.07, 6.45) is 7.75. The number of nitrogens with one attached hydrogen (secondary N) is 1. The van der Waals surface area contributed by atoms with Crippen molar-refractivity contribution >= 4 is 8.32 Å². The minimum Gasteiger partial charge on any atom is -0.413 e. The average molecular weight is 266 g/mol. The largest absolute Gasteiger partial charge is 0.413 e. The van der Waals surface area contributed by atoms with Gasteiger partial charge in [-0.15, -0.1) is 0 Å². The van der Waals surface area contributed by atoms with Crippen molar-refractivity contribution in [1.82, 2.24) is 9.97 Å². The van der Waals surface area contributed by atoms with E-state index in [1.165, 1.54) is 19.3 Å². The molecule has 0 aromatic carbocycles. The number of aromatic nitrogens is 2. The minimum atomic E-state index is -1.67. The van der Waals surface area contributed by atoms with Gasteiger partial charge in [-0.2, -0.15) is 0 Å². The van der Waals surface area contributed by atoms with Gasteiger partial charge in [-0.3, -0.25) is 0 Å². The van der Waals surface area contributed by atoms with Crippen LogP contribution in [0.25, 0.3) is 0 Å². The van der Waals surface area contributed by atoms with E-state index in [-0.39, 0.29) is 5.04 Å². The lowest BCUT2D eigenvalue weighted by molar-refractivity contribution is 0.167. The van der Waals surface area contributed by atoms with Crippen LogP contribution in [0, 0.1) is 0 Å². The van der Waals surface area contributed by atoms with Crippen LogP contribution in [0.2, 0.25) is 18.1 Å². The van der Waals surface area contributed by atoms with Gasteiger partial charge < -0.3 is 9.41 Å². The number of hydrogen-bond donors (Lipinski definition) is 1. The van der Waals surface area contributed by atoms with Crippen molar-refractivity contribution < 1.29 is 4.43 Å². The van der Waals surface area contributed by atoms with Crippen molar-refractivity contribution in [3.63, 3.8) is 0 Å². The molecular weight excluding hydrogens is 240 g/mol. The lowest BCUT2D eigenvalue weighted by Crippen LogP contribution is -2.44. The fourth-order valence-corrected chi connectivity index (χ4v) is 3.81. The van der Waals surface area contributed by atoms with Crippen LogP contribution in [-0.4, -0.2) is 24.4 Å². The third kappa shape index (κ3) is 2.69. The normalized spacial score (nSPS) is 25.6. The Kier molecular flexibility index (Phi) is 3.69. The molecule has 4 heteroatoms. The molecule has 3 nitrogen and oxygen atoms in total. The van der Waals surface area contributed by atoms with Crippen LogP contribution in [-0.2, 0) is 4.43 Å². The first-order valence-corrected chi connectivity index (χ1v) is 9.89. The van der Waals surface area contributed by atoms with Gasteiger partial charge >= 0.3 is 0 Å². The summed E-state index contributed by atoms with van der Waals surface area (Å²) in [7, 11) is -1.67. The first kappa shape index (κ1) is 13.8. The molecular formula is C14H26N2OSi. The lowest BCUT2D eigenvalue weighted by atomic mass is 10.1. The Morgan fingerprint density at radius 2 is 2.06 bits per heavy atom. The van der Waals surface area contributed by atoms with Crippen molar-refractivity contribution in [2.75, 3.05) is 0 Å². The highest BCUT2D eigenvalue weighted by Crippen LogP contribution is 2.42. The Morgan fingerprint density at radius 1 is 1.33 bits per heavy atom. The van der Waals surface area contributed by atoms with Gasteiger partial charge in [0.25, 0.3) is 0 Å². The Bertz CT molecular complexity index is 381. The second kappa shape index (κ2) is 4.81. The van der Waals surface area contributed by atoms with Crippen molar-refractivity contribution in [3.8, 4) is 0 Å². The van der Waals surface area contributed by atoms with Crippen molar-refractivity contribution in [2.45, 2.75) is 70.2 Å². The van der Waals surface area contributed by atoms with Crippen LogP contribution >= 0.6 is 0 Å². The van der Waals surface area contributed by atoms with Crippen molar-refractivity contribution in [3.05, 3.63) is 18.2 Å². The number of rotatable bonds is 3. The summed E-state index contributed by atoms with van der Waals surface area (Å²) in [6, 6.07) is 0. The van der Waals surface area contributed by atoms with Gasteiger partial charge in [-0.05, 0) is 31.0 Å². The highest BCUT2D eigenvalue weighted by Gasteiger charge is 2.42. The maximum absolute atomic E-state index is 6.58. The summed E-state index contributed by atoms with van der Waals surface area (Å²) in [5.74, 6) is 1.57. The number of aromatic amines is 1. The summed E-state index contributed by atoms with van der Waals surface area (Å²) in [5, 5.41) is 0.281. The third-order valence-corrected chi connectivity index (χ3v) is 9.08. The SMILES string of the molecule is CC(C)(C)[Si](C)(C)O[C@H]1CCC[C@H]1c1ncc[nH]1. The summed E-state index contributed by atoms with van der Waals surface area (Å²) in [5.41, 5.74) is 0. The van der Waals surface area contributed by atoms with Crippen LogP contribution in [0.1, 0.15) is 51.8 Å². The molecule has 1 saturated carbocycles. The number of H-pyrrole nitrogens is 1. The fourth-order valence-electron chi connectivity index (χ4n) is 2.42. The molecule has 1 aromatic rings. The molecule has 2 atom stereocenters. The monoisotopic (exact) mass is 266 g/mol. The van der Waals surface area contributed by atoms with E-state index in [0.717, 1.165) is 5.82 Å². The predicted octanol–water partition coefficient (Wildman–Crippen LogP) is 4.07. The van der Waals surface area contributed by atoms with E-state index in [9.17, 15) is 0 Å². The van der Waals surface area contributed by atoms with Gasteiger partial charge in [-0.25, -0.2) is 4.98 Å². The van der Waals surface area contributed by atoms with Crippen LogP contribution in [0.15, 0.2) is 12.4 Å². The highest BCUT2D eigenvalue weighted by molar-refractivity contribution is 6.74. The molecule has 1 heterocycles. The van der Waals surface area contributed by atoms with E-state index in [0.29, 0.717) is 12.0 Å². The van der Waals surface area contributed by atoms with Crippen LogP contribution in [0.4, 0.5) is 0 Å². The Balaban J connectivity index is 2.09. The Hall–Kier alpha value is -0.613. The predicted molar refractivity (Wildman–Crippen MR) is 77.2 cm³/mol. The molecule has 0 unspecified atom stereocenters. The smallest absolute Gasteiger partial charge is 0.192 e. The van der Waals surface area contributed by atoms with E-state index in [2.05, 4.69) is 43.8 Å². The molecule has 1 fully saturated rings. The molecule has 102 valence electrons. The molecule has 1 aliphatic carbocycles. The van der Waals surface area contributed by atoms with E-state index in [1.54, 1.807) is 0 Å². The number of hydrogen-bond acceptors (Lipinski definition) is 2. The molecule has 0 bridgehead atoms. The first-order chi connectivity index (χ1) is 8.31. The molecule has 1 aliphatic rings. The molecule has 0 amide bonds. The van der Waals surface area contributed by atoms with Gasteiger partial charge in [0.2, 0.25) is 0 Å². The van der Waals surface area contributed by atoms with Gasteiger partial charge in [-0.1, -0.05) is 27.2 Å². The molecule has 2 rings (SSSR count). The molecule has 0 saturated heterocycles. The quantitative estimate of drug-likeness (QED) is 0.838. The molecule has 1 aromatic heterocycles. The lowest BCUT2D eigenvalue weighted by Gasteiger charge is -2.39. The first-order valence-electron chi connectivity index (χ1n) is 6.98. The minimum absolute atomic E-state index is 0.281. The summed E-state index contributed by atoms with van der Waals surface area (Å²) in [6.45, 7) is 11.6. The fraction of sp³-hybridized carbons (Fsp3) is 0.786. The second-order valence-corrected chi connectivity index (χ2v) is 11.7. The van der Waals surface area contributed by atoms with Gasteiger partial charge in [0, 0.05) is 18.3 Å². The van der Waals surface area contributed by atoms with Crippen LogP contribution in [0.5, 0.6) is 0 Å². The third-order valence-electron chi connectivity index (χ3n) is 4.58. The van der Waals surface area contributed by atoms with E-state index < -0.39 is 8.32 Å². The molecule has 0 spiro atoms. The van der Waals surface area contributed by atoms with E-state index in [1.807, 2.05) is 12.4 Å². The molecule has 1 N–H and O–H groups in total. The number of nitrogens with zero attached hydrogens (tertiary/aromatic N) is 1. The maximum Gasteiger partial charge on any atom is 0.192 e. The zero-order chi connectivity index (χ0) is 13.4. The average Bonchev–Trinajstić information content (AvgIpc) is 2.83.